The SMILES string of the molecule is CS(=O)(=O)Nc1ccc(-c2ccc(C3CNC(=O)C3)cc2)cn1. The zero-order chi connectivity index (χ0) is 16.4. The number of nitrogens with one attached hydrogen (secondary N) is 2. The first-order valence-corrected chi connectivity index (χ1v) is 9.11. The van der Waals surface area contributed by atoms with Gasteiger partial charge in [-0.25, -0.2) is 13.4 Å². The number of carbonyl (C=O) groups is 1. The van der Waals surface area contributed by atoms with Crippen LogP contribution in [-0.2, 0) is 14.8 Å². The van der Waals surface area contributed by atoms with Crippen LogP contribution in [-0.4, -0.2) is 32.1 Å². The Morgan fingerprint density at radius 2 is 1.83 bits per heavy atom. The van der Waals surface area contributed by atoms with E-state index >= 15 is 0 Å². The van der Waals surface area contributed by atoms with E-state index in [1.54, 1.807) is 12.3 Å². The van der Waals surface area contributed by atoms with Gasteiger partial charge in [0.05, 0.1) is 6.26 Å². The van der Waals surface area contributed by atoms with Crippen LogP contribution in [0.2, 0.25) is 0 Å². The largest absolute Gasteiger partial charge is 0.355 e. The van der Waals surface area contributed by atoms with E-state index in [0.717, 1.165) is 22.9 Å². The fourth-order valence-electron chi connectivity index (χ4n) is 2.60. The number of aromatic nitrogens is 1. The Labute approximate surface area is 135 Å². The van der Waals surface area contributed by atoms with Crippen molar-refractivity contribution in [2.45, 2.75) is 12.3 Å². The van der Waals surface area contributed by atoms with Crippen molar-refractivity contribution in [2.24, 2.45) is 0 Å². The molecule has 0 aliphatic carbocycles. The summed E-state index contributed by atoms with van der Waals surface area (Å²) < 4.78 is 24.7. The van der Waals surface area contributed by atoms with Crippen LogP contribution in [0.5, 0.6) is 0 Å². The quantitative estimate of drug-likeness (QED) is 0.893. The maximum Gasteiger partial charge on any atom is 0.230 e. The van der Waals surface area contributed by atoms with Crippen LogP contribution in [0, 0.1) is 0 Å². The Kier molecular flexibility index (Phi) is 4.04. The fraction of sp³-hybridized carbons (Fsp3) is 0.250. The number of benzene rings is 1. The summed E-state index contributed by atoms with van der Waals surface area (Å²) in [4.78, 5) is 15.4. The molecule has 1 aliphatic rings. The first-order chi connectivity index (χ1) is 10.9. The zero-order valence-electron chi connectivity index (χ0n) is 12.6. The van der Waals surface area contributed by atoms with Gasteiger partial charge in [0.25, 0.3) is 0 Å². The molecule has 1 atom stereocenters. The number of amides is 1. The summed E-state index contributed by atoms with van der Waals surface area (Å²) in [6, 6.07) is 11.4. The molecule has 1 fully saturated rings. The van der Waals surface area contributed by atoms with E-state index in [1.165, 1.54) is 0 Å². The smallest absolute Gasteiger partial charge is 0.230 e. The third-order valence-corrected chi connectivity index (χ3v) is 4.33. The molecule has 0 radical (unpaired) electrons. The molecule has 120 valence electrons. The molecule has 1 saturated heterocycles. The standard InChI is InChI=1S/C16H17N3O3S/c1-23(21,22)19-15-7-6-13(9-17-15)11-2-4-12(5-3-11)14-8-16(20)18-10-14/h2-7,9,14H,8,10H2,1H3,(H,17,19)(H,18,20). The highest BCUT2D eigenvalue weighted by molar-refractivity contribution is 7.92. The van der Waals surface area contributed by atoms with E-state index in [-0.39, 0.29) is 11.8 Å². The predicted molar refractivity (Wildman–Crippen MR) is 88.5 cm³/mol. The van der Waals surface area contributed by atoms with Crippen LogP contribution in [0.25, 0.3) is 11.1 Å². The Balaban J connectivity index is 1.75. The lowest BCUT2D eigenvalue weighted by Gasteiger charge is -2.09. The molecule has 7 heteroatoms. The highest BCUT2D eigenvalue weighted by Gasteiger charge is 2.22. The van der Waals surface area contributed by atoms with Gasteiger partial charge in [-0.1, -0.05) is 24.3 Å². The predicted octanol–water partition coefficient (Wildman–Crippen LogP) is 1.72. The van der Waals surface area contributed by atoms with Crippen molar-refractivity contribution in [3.8, 4) is 11.1 Å². The summed E-state index contributed by atoms with van der Waals surface area (Å²) in [7, 11) is -3.32. The molecule has 1 aliphatic heterocycles. The van der Waals surface area contributed by atoms with Crippen LogP contribution >= 0.6 is 0 Å². The number of hydrogen-bond acceptors (Lipinski definition) is 4. The first-order valence-electron chi connectivity index (χ1n) is 7.21. The maximum atomic E-state index is 11.3. The molecule has 1 amide bonds. The summed E-state index contributed by atoms with van der Waals surface area (Å²) in [5.74, 6) is 0.622. The minimum absolute atomic E-state index is 0.0947. The molecular weight excluding hydrogens is 314 g/mol. The van der Waals surface area contributed by atoms with Crippen molar-refractivity contribution in [1.82, 2.24) is 10.3 Å². The second-order valence-corrected chi connectivity index (χ2v) is 7.38. The van der Waals surface area contributed by atoms with Gasteiger partial charge in [0.2, 0.25) is 15.9 Å². The molecular formula is C16H17N3O3S. The summed E-state index contributed by atoms with van der Waals surface area (Å²) in [5, 5.41) is 2.83. The topological polar surface area (TPSA) is 88.2 Å². The highest BCUT2D eigenvalue weighted by atomic mass is 32.2. The molecule has 1 aromatic carbocycles. The number of carbonyl (C=O) groups excluding carboxylic acids is 1. The molecule has 23 heavy (non-hydrogen) atoms. The van der Waals surface area contributed by atoms with Crippen LogP contribution < -0.4 is 10.0 Å². The van der Waals surface area contributed by atoms with Gasteiger partial charge >= 0.3 is 0 Å². The van der Waals surface area contributed by atoms with E-state index in [1.807, 2.05) is 30.3 Å². The molecule has 2 heterocycles. The maximum absolute atomic E-state index is 11.3. The Morgan fingerprint density at radius 3 is 2.35 bits per heavy atom. The van der Waals surface area contributed by atoms with Gasteiger partial charge in [-0.15, -0.1) is 0 Å². The monoisotopic (exact) mass is 331 g/mol. The molecule has 2 N–H and O–H groups in total. The third kappa shape index (κ3) is 3.87. The highest BCUT2D eigenvalue weighted by Crippen LogP contribution is 2.26. The zero-order valence-corrected chi connectivity index (χ0v) is 13.4. The van der Waals surface area contributed by atoms with Crippen molar-refractivity contribution in [1.29, 1.82) is 0 Å². The molecule has 0 spiro atoms. The second kappa shape index (κ2) is 6.00. The van der Waals surface area contributed by atoms with E-state index < -0.39 is 10.0 Å². The van der Waals surface area contributed by atoms with Crippen molar-refractivity contribution in [3.05, 3.63) is 48.2 Å². The average Bonchev–Trinajstić information content (AvgIpc) is 2.93. The van der Waals surface area contributed by atoms with Crippen molar-refractivity contribution in [2.75, 3.05) is 17.5 Å². The van der Waals surface area contributed by atoms with Gasteiger partial charge in [0, 0.05) is 30.6 Å². The fourth-order valence-corrected chi connectivity index (χ4v) is 3.10. The second-order valence-electron chi connectivity index (χ2n) is 5.63. The molecule has 6 nitrogen and oxygen atoms in total. The Morgan fingerprint density at radius 1 is 1.13 bits per heavy atom. The number of anilines is 1. The molecule has 1 aromatic heterocycles. The van der Waals surface area contributed by atoms with Crippen molar-refractivity contribution < 1.29 is 13.2 Å². The minimum Gasteiger partial charge on any atom is -0.355 e. The van der Waals surface area contributed by atoms with E-state index in [4.69, 9.17) is 0 Å². The van der Waals surface area contributed by atoms with E-state index in [9.17, 15) is 13.2 Å². The Bertz CT molecular complexity index is 815. The number of hydrogen-bond donors (Lipinski definition) is 2. The lowest BCUT2D eigenvalue weighted by Crippen LogP contribution is -2.13. The number of rotatable bonds is 4. The van der Waals surface area contributed by atoms with Gasteiger partial charge in [0.15, 0.2) is 0 Å². The third-order valence-electron chi connectivity index (χ3n) is 3.75. The van der Waals surface area contributed by atoms with E-state index in [0.29, 0.717) is 18.8 Å². The first kappa shape index (κ1) is 15.5. The number of sulfonamides is 1. The molecule has 0 bridgehead atoms. The van der Waals surface area contributed by atoms with Gasteiger partial charge in [-0.2, -0.15) is 0 Å². The lowest BCUT2D eigenvalue weighted by molar-refractivity contribution is -0.119. The molecule has 2 aromatic rings. The van der Waals surface area contributed by atoms with Gasteiger partial charge in [-0.3, -0.25) is 9.52 Å². The molecule has 1 unspecified atom stereocenters. The summed E-state index contributed by atoms with van der Waals surface area (Å²) in [6.07, 6.45) is 3.25. The summed E-state index contributed by atoms with van der Waals surface area (Å²) in [5.41, 5.74) is 3.02. The van der Waals surface area contributed by atoms with Crippen LogP contribution in [0.3, 0.4) is 0 Å². The molecule has 3 rings (SSSR count). The van der Waals surface area contributed by atoms with Gasteiger partial charge in [0.1, 0.15) is 5.82 Å². The van der Waals surface area contributed by atoms with Crippen LogP contribution in [0.1, 0.15) is 17.9 Å². The normalized spacial score (nSPS) is 17.8. The van der Waals surface area contributed by atoms with Crippen LogP contribution in [0.4, 0.5) is 5.82 Å². The summed E-state index contributed by atoms with van der Waals surface area (Å²) in [6.45, 7) is 0.686. The lowest BCUT2D eigenvalue weighted by atomic mass is 9.96. The Hall–Kier alpha value is -2.41. The van der Waals surface area contributed by atoms with Crippen molar-refractivity contribution in [3.63, 3.8) is 0 Å². The van der Waals surface area contributed by atoms with Gasteiger partial charge < -0.3 is 5.32 Å². The number of pyridine rings is 1. The van der Waals surface area contributed by atoms with E-state index in [2.05, 4.69) is 15.0 Å². The van der Waals surface area contributed by atoms with Crippen molar-refractivity contribution >= 4 is 21.7 Å². The minimum atomic E-state index is -3.32. The average molecular weight is 331 g/mol. The number of nitrogens with zero attached hydrogens (tertiary/aromatic N) is 1. The van der Waals surface area contributed by atoms with Crippen LogP contribution in [0.15, 0.2) is 42.6 Å². The molecule has 0 saturated carbocycles. The summed E-state index contributed by atoms with van der Waals surface area (Å²) >= 11 is 0. The van der Waals surface area contributed by atoms with Gasteiger partial charge in [-0.05, 0) is 23.3 Å².